The van der Waals surface area contributed by atoms with Crippen LogP contribution in [0.3, 0.4) is 0 Å². The van der Waals surface area contributed by atoms with Crippen molar-refractivity contribution in [2.45, 2.75) is 67.3 Å². The second-order valence-electron chi connectivity index (χ2n) is 8.86. The quantitative estimate of drug-likeness (QED) is 0.179. The SMILES string of the molecule is C=C(COCCC(F)(F)C(F)(F)S(=O)(=O)O)C(=O)OC12CC3CC(CC(O)(C3)C1)C2. The fraction of sp³-hybridized carbons (Fsp3) is 0.833. The number of ether oxygens (including phenoxy) is 2. The first-order valence-corrected chi connectivity index (χ1v) is 11.0. The van der Waals surface area contributed by atoms with E-state index in [1.54, 1.807) is 0 Å². The van der Waals surface area contributed by atoms with E-state index >= 15 is 0 Å². The summed E-state index contributed by atoms with van der Waals surface area (Å²) in [6.07, 6.45) is 2.20. The highest BCUT2D eigenvalue weighted by molar-refractivity contribution is 7.87. The molecule has 172 valence electrons. The van der Waals surface area contributed by atoms with Gasteiger partial charge in [-0.25, -0.2) is 4.79 Å². The molecule has 0 spiro atoms. The molecule has 2 unspecified atom stereocenters. The van der Waals surface area contributed by atoms with Gasteiger partial charge in [-0.2, -0.15) is 26.0 Å². The van der Waals surface area contributed by atoms with E-state index in [1.165, 1.54) is 0 Å². The molecule has 0 aromatic heterocycles. The zero-order chi connectivity index (χ0) is 22.6. The third-order valence-electron chi connectivity index (χ3n) is 6.16. The molecule has 4 fully saturated rings. The summed E-state index contributed by atoms with van der Waals surface area (Å²) in [5.74, 6) is -5.37. The number of esters is 1. The lowest BCUT2D eigenvalue weighted by Crippen LogP contribution is -2.60. The van der Waals surface area contributed by atoms with Crippen molar-refractivity contribution in [3.63, 3.8) is 0 Å². The van der Waals surface area contributed by atoms with E-state index in [0.29, 0.717) is 32.1 Å². The normalized spacial score (nSPS) is 33.5. The standard InChI is InChI=1S/C18H24F4O7S/c1-11(9-28-3-2-17(19,20)18(21,22)30(25,26)27)14(23)29-16-7-12-4-13(8-16)6-15(24,5-12)10-16/h12-13,24H,1-10H2,(H,25,26,27). The van der Waals surface area contributed by atoms with Crippen LogP contribution in [0.15, 0.2) is 12.2 Å². The Kier molecular flexibility index (Phi) is 5.79. The molecule has 12 heteroatoms. The van der Waals surface area contributed by atoms with Crippen molar-refractivity contribution in [1.29, 1.82) is 0 Å². The third kappa shape index (κ3) is 4.37. The summed E-state index contributed by atoms with van der Waals surface area (Å²) < 4.78 is 92.6. The Hall–Kier alpha value is -1.24. The van der Waals surface area contributed by atoms with Crippen LogP contribution in [0, 0.1) is 11.8 Å². The number of carbonyl (C=O) groups excluding carboxylic acids is 1. The van der Waals surface area contributed by atoms with Gasteiger partial charge < -0.3 is 14.6 Å². The average molecular weight is 460 g/mol. The molecule has 30 heavy (non-hydrogen) atoms. The Labute approximate surface area is 171 Å². The maximum absolute atomic E-state index is 13.4. The number of hydrogen-bond acceptors (Lipinski definition) is 6. The molecule has 0 radical (unpaired) electrons. The summed E-state index contributed by atoms with van der Waals surface area (Å²) in [7, 11) is -6.31. The molecule has 7 nitrogen and oxygen atoms in total. The van der Waals surface area contributed by atoms with Gasteiger partial charge in [-0.3, -0.25) is 4.55 Å². The van der Waals surface area contributed by atoms with E-state index in [2.05, 4.69) is 6.58 Å². The summed E-state index contributed by atoms with van der Waals surface area (Å²) in [5.41, 5.74) is -1.88. The summed E-state index contributed by atoms with van der Waals surface area (Å²) >= 11 is 0. The molecule has 0 saturated heterocycles. The molecular formula is C18H24F4O7S. The maximum atomic E-state index is 13.4. The molecule has 4 saturated carbocycles. The molecular weight excluding hydrogens is 436 g/mol. The molecule has 2 N–H and O–H groups in total. The van der Waals surface area contributed by atoms with Crippen molar-refractivity contribution in [2.75, 3.05) is 13.2 Å². The van der Waals surface area contributed by atoms with Crippen molar-refractivity contribution in [3.05, 3.63) is 12.2 Å². The Morgan fingerprint density at radius 2 is 1.70 bits per heavy atom. The van der Waals surface area contributed by atoms with E-state index in [4.69, 9.17) is 14.0 Å². The minimum atomic E-state index is -6.31. The second-order valence-corrected chi connectivity index (χ2v) is 10.3. The van der Waals surface area contributed by atoms with Gasteiger partial charge in [-0.15, -0.1) is 0 Å². The molecule has 0 aliphatic heterocycles. The molecule has 0 amide bonds. The molecule has 0 aromatic rings. The minimum Gasteiger partial charge on any atom is -0.456 e. The van der Waals surface area contributed by atoms with Gasteiger partial charge in [-0.1, -0.05) is 6.58 Å². The van der Waals surface area contributed by atoms with Crippen molar-refractivity contribution < 1.29 is 49.9 Å². The van der Waals surface area contributed by atoms with Crippen molar-refractivity contribution >= 4 is 16.1 Å². The van der Waals surface area contributed by atoms with Crippen LogP contribution in [0.5, 0.6) is 0 Å². The van der Waals surface area contributed by atoms with Gasteiger partial charge in [0.25, 0.3) is 0 Å². The van der Waals surface area contributed by atoms with Crippen LogP contribution in [0.4, 0.5) is 17.6 Å². The number of carbonyl (C=O) groups is 1. The highest BCUT2D eigenvalue weighted by atomic mass is 32.2. The molecule has 4 aliphatic carbocycles. The van der Waals surface area contributed by atoms with Crippen molar-refractivity contribution in [2.24, 2.45) is 11.8 Å². The predicted octanol–water partition coefficient (Wildman–Crippen LogP) is 2.69. The van der Waals surface area contributed by atoms with E-state index in [0.717, 1.165) is 6.42 Å². The third-order valence-corrected chi connectivity index (χ3v) is 7.11. The highest BCUT2D eigenvalue weighted by Gasteiger charge is 2.65. The number of halogens is 4. The van der Waals surface area contributed by atoms with Gasteiger partial charge in [0.1, 0.15) is 5.60 Å². The minimum absolute atomic E-state index is 0.220. The van der Waals surface area contributed by atoms with Gasteiger partial charge >= 0.3 is 27.3 Å². The number of aliphatic hydroxyl groups is 1. The maximum Gasteiger partial charge on any atom is 0.431 e. The average Bonchev–Trinajstić information content (AvgIpc) is 2.54. The van der Waals surface area contributed by atoms with Crippen LogP contribution < -0.4 is 0 Å². The lowest BCUT2D eigenvalue weighted by atomic mass is 9.52. The van der Waals surface area contributed by atoms with E-state index in [9.17, 15) is 35.9 Å². The van der Waals surface area contributed by atoms with Gasteiger partial charge in [0.15, 0.2) is 0 Å². The van der Waals surface area contributed by atoms with Crippen molar-refractivity contribution in [1.82, 2.24) is 0 Å². The molecule has 4 aliphatic rings. The molecule has 4 bridgehead atoms. The second kappa shape index (κ2) is 7.42. The molecule has 2 atom stereocenters. The fourth-order valence-corrected chi connectivity index (χ4v) is 5.79. The number of rotatable bonds is 9. The predicted molar refractivity (Wildman–Crippen MR) is 94.5 cm³/mol. The smallest absolute Gasteiger partial charge is 0.431 e. The highest BCUT2D eigenvalue weighted by Crippen LogP contribution is 2.59. The lowest BCUT2D eigenvalue weighted by Gasteiger charge is -2.59. The first kappa shape index (κ1) is 23.4. The first-order chi connectivity index (χ1) is 13.6. The summed E-state index contributed by atoms with van der Waals surface area (Å²) in [5, 5.41) is 4.99. The van der Waals surface area contributed by atoms with Crippen LogP contribution in [-0.4, -0.2) is 59.6 Å². The zero-order valence-corrected chi connectivity index (χ0v) is 16.9. The van der Waals surface area contributed by atoms with Gasteiger partial charge in [-0.05, 0) is 43.9 Å². The van der Waals surface area contributed by atoms with E-state index in [1.807, 2.05) is 0 Å². The Bertz CT molecular complexity index is 812. The molecule has 0 heterocycles. The van der Waals surface area contributed by atoms with Crippen LogP contribution >= 0.6 is 0 Å². The topological polar surface area (TPSA) is 110 Å². The summed E-state index contributed by atoms with van der Waals surface area (Å²) in [6, 6.07) is 0. The van der Waals surface area contributed by atoms with Gasteiger partial charge in [0, 0.05) is 12.8 Å². The largest absolute Gasteiger partial charge is 0.456 e. The first-order valence-electron chi connectivity index (χ1n) is 9.52. The van der Waals surface area contributed by atoms with Gasteiger partial charge in [0.2, 0.25) is 0 Å². The lowest BCUT2D eigenvalue weighted by molar-refractivity contribution is -0.217. The van der Waals surface area contributed by atoms with Crippen LogP contribution in [0.25, 0.3) is 0 Å². The molecule has 0 aromatic carbocycles. The van der Waals surface area contributed by atoms with Crippen LogP contribution in [0.1, 0.15) is 44.9 Å². The fourth-order valence-electron chi connectivity index (χ4n) is 5.31. The number of alkyl halides is 4. The van der Waals surface area contributed by atoms with Crippen LogP contribution in [0.2, 0.25) is 0 Å². The Morgan fingerprint density at radius 1 is 1.13 bits per heavy atom. The van der Waals surface area contributed by atoms with Crippen LogP contribution in [-0.2, 0) is 24.4 Å². The molecule has 4 rings (SSSR count). The zero-order valence-electron chi connectivity index (χ0n) is 16.1. The van der Waals surface area contributed by atoms with E-state index in [-0.39, 0.29) is 17.4 Å². The van der Waals surface area contributed by atoms with Crippen molar-refractivity contribution in [3.8, 4) is 0 Å². The monoisotopic (exact) mass is 460 g/mol. The Morgan fingerprint density at radius 3 is 2.20 bits per heavy atom. The Balaban J connectivity index is 1.49. The summed E-state index contributed by atoms with van der Waals surface area (Å²) in [4.78, 5) is 12.3. The van der Waals surface area contributed by atoms with E-state index < -0.39 is 58.1 Å². The summed E-state index contributed by atoms with van der Waals surface area (Å²) in [6.45, 7) is 1.86. The van der Waals surface area contributed by atoms with Gasteiger partial charge in [0.05, 0.1) is 24.4 Å². The number of hydrogen-bond donors (Lipinski definition) is 2.